The molecular weight excluding hydrogens is 476 g/mol. The van der Waals surface area contributed by atoms with Gasteiger partial charge >= 0.3 is 30.0 Å². The summed E-state index contributed by atoms with van der Waals surface area (Å²) in [6.45, 7) is 6.74. The van der Waals surface area contributed by atoms with E-state index >= 15 is 0 Å². The van der Waals surface area contributed by atoms with Crippen LogP contribution in [0.4, 0.5) is 4.79 Å². The highest BCUT2D eigenvalue weighted by molar-refractivity contribution is 5.96. The molecule has 0 aromatic rings. The maximum atomic E-state index is 12.3. The number of hydrogen-bond donors (Lipinski definition) is 0. The van der Waals surface area contributed by atoms with Gasteiger partial charge in [0.2, 0.25) is 0 Å². The lowest BCUT2D eigenvalue weighted by Gasteiger charge is -2.17. The Morgan fingerprint density at radius 1 is 0.444 bits per heavy atom. The first-order valence-electron chi connectivity index (χ1n) is 12.8. The summed E-state index contributed by atoms with van der Waals surface area (Å²) in [6.07, 6.45) is 4.28. The summed E-state index contributed by atoms with van der Waals surface area (Å²) in [5, 5.41) is 0. The second kappa shape index (κ2) is 21.4. The quantitative estimate of drug-likeness (QED) is 0.101. The van der Waals surface area contributed by atoms with Crippen molar-refractivity contribution in [1.82, 2.24) is 0 Å². The van der Waals surface area contributed by atoms with Crippen LogP contribution in [0.1, 0.15) is 79.1 Å². The molecule has 11 heteroatoms. The third-order valence-electron chi connectivity index (χ3n) is 4.84. The molecule has 0 radical (unpaired) electrons. The average molecular weight is 519 g/mol. The second-order valence-corrected chi connectivity index (χ2v) is 8.06. The zero-order valence-electron chi connectivity index (χ0n) is 22.0. The van der Waals surface area contributed by atoms with E-state index in [1.54, 1.807) is 0 Å². The van der Waals surface area contributed by atoms with Crippen LogP contribution in [-0.4, -0.2) is 69.7 Å². The van der Waals surface area contributed by atoms with Crippen LogP contribution >= 0.6 is 0 Å². The van der Waals surface area contributed by atoms with Crippen LogP contribution in [-0.2, 0) is 47.6 Å². The van der Waals surface area contributed by atoms with Crippen LogP contribution in [0.25, 0.3) is 0 Å². The molecule has 0 aromatic heterocycles. The predicted molar refractivity (Wildman–Crippen MR) is 128 cm³/mol. The van der Waals surface area contributed by atoms with Crippen molar-refractivity contribution >= 4 is 30.0 Å². The summed E-state index contributed by atoms with van der Waals surface area (Å²) < 4.78 is 30.1. The van der Waals surface area contributed by atoms with Gasteiger partial charge in [-0.15, -0.1) is 0 Å². The molecule has 0 atom stereocenters. The van der Waals surface area contributed by atoms with E-state index in [0.717, 1.165) is 25.7 Å². The van der Waals surface area contributed by atoms with Gasteiger partial charge in [0, 0.05) is 0 Å². The van der Waals surface area contributed by atoms with Crippen molar-refractivity contribution in [2.75, 3.05) is 39.6 Å². The van der Waals surface area contributed by atoms with Crippen LogP contribution in [0.3, 0.4) is 0 Å². The molecule has 0 aliphatic heterocycles. The normalized spacial score (nSPS) is 10.6. The minimum Gasteiger partial charge on any atom is -0.465 e. The molecule has 0 unspecified atom stereocenters. The fourth-order valence-electron chi connectivity index (χ4n) is 2.48. The van der Waals surface area contributed by atoms with Gasteiger partial charge in [-0.25, -0.2) is 4.79 Å². The Morgan fingerprint density at radius 3 is 0.917 bits per heavy atom. The van der Waals surface area contributed by atoms with Gasteiger partial charge in [-0.3, -0.25) is 19.2 Å². The van der Waals surface area contributed by atoms with Crippen molar-refractivity contribution in [3.05, 3.63) is 0 Å². The van der Waals surface area contributed by atoms with Crippen LogP contribution in [0.2, 0.25) is 0 Å². The van der Waals surface area contributed by atoms with E-state index < -0.39 is 55.1 Å². The highest BCUT2D eigenvalue weighted by Gasteiger charge is 2.34. The van der Waals surface area contributed by atoms with Crippen molar-refractivity contribution in [3.8, 4) is 0 Å². The number of esters is 4. The van der Waals surface area contributed by atoms with E-state index in [0.29, 0.717) is 25.7 Å². The molecule has 0 rings (SSSR count). The van der Waals surface area contributed by atoms with Crippen molar-refractivity contribution < 1.29 is 52.4 Å². The Labute approximate surface area is 213 Å². The van der Waals surface area contributed by atoms with Gasteiger partial charge in [0.05, 0.1) is 26.4 Å². The molecule has 0 heterocycles. The summed E-state index contributed by atoms with van der Waals surface area (Å²) in [4.78, 5) is 61.4. The Morgan fingerprint density at radius 2 is 0.694 bits per heavy atom. The van der Waals surface area contributed by atoms with E-state index in [-0.39, 0.29) is 26.4 Å². The first-order chi connectivity index (χ1) is 17.3. The fraction of sp³-hybridized carbons (Fsp3) is 0.800. The molecule has 208 valence electrons. The molecule has 0 aliphatic carbocycles. The van der Waals surface area contributed by atoms with Crippen molar-refractivity contribution in [2.45, 2.75) is 79.1 Å². The highest BCUT2D eigenvalue weighted by Crippen LogP contribution is 2.10. The minimum absolute atomic E-state index is 0.112. The second-order valence-electron chi connectivity index (χ2n) is 8.06. The molecular formula is C25H42O11. The van der Waals surface area contributed by atoms with Gasteiger partial charge < -0.3 is 28.4 Å². The molecule has 0 fully saturated rings. The van der Waals surface area contributed by atoms with Crippen LogP contribution in [0.15, 0.2) is 0 Å². The lowest BCUT2D eigenvalue weighted by molar-refractivity contribution is -0.165. The highest BCUT2D eigenvalue weighted by atomic mass is 16.7. The Kier molecular flexibility index (Phi) is 19.7. The van der Waals surface area contributed by atoms with Crippen LogP contribution in [0.5, 0.6) is 0 Å². The number of carbonyl (C=O) groups excluding carboxylic acids is 5. The lowest BCUT2D eigenvalue weighted by Crippen LogP contribution is -2.35. The number of rotatable bonds is 20. The van der Waals surface area contributed by atoms with Gasteiger partial charge in [0.1, 0.15) is 13.2 Å². The average Bonchev–Trinajstić information content (AvgIpc) is 2.85. The summed E-state index contributed by atoms with van der Waals surface area (Å²) in [5.74, 6) is -6.49. The molecule has 0 bridgehead atoms. The lowest BCUT2D eigenvalue weighted by atomic mass is 10.1. The third-order valence-corrected chi connectivity index (χ3v) is 4.84. The fourth-order valence-corrected chi connectivity index (χ4v) is 2.48. The number of ether oxygens (including phenoxy) is 6. The topological polar surface area (TPSA) is 141 Å². The van der Waals surface area contributed by atoms with Gasteiger partial charge in [-0.2, -0.15) is 0 Å². The zero-order valence-corrected chi connectivity index (χ0v) is 22.0. The SMILES string of the molecule is CCCCOC(=O)C(COC(=O)OCC(C(=O)OCCCC)C(=O)OCCCC)C(=O)OCCCC. The van der Waals surface area contributed by atoms with Crippen molar-refractivity contribution in [2.24, 2.45) is 11.8 Å². The minimum atomic E-state index is -1.49. The van der Waals surface area contributed by atoms with E-state index in [1.807, 2.05) is 27.7 Å². The molecule has 11 nitrogen and oxygen atoms in total. The Hall–Kier alpha value is -2.85. The van der Waals surface area contributed by atoms with E-state index in [2.05, 4.69) is 0 Å². The smallest absolute Gasteiger partial charge is 0.465 e. The zero-order chi connectivity index (χ0) is 27.2. The van der Waals surface area contributed by atoms with E-state index in [9.17, 15) is 24.0 Å². The Bertz CT molecular complexity index is 564. The molecule has 0 amide bonds. The molecule has 0 spiro atoms. The monoisotopic (exact) mass is 518 g/mol. The summed E-state index contributed by atoms with van der Waals surface area (Å²) in [7, 11) is 0. The Balaban J connectivity index is 5.02. The largest absolute Gasteiger partial charge is 0.508 e. The third kappa shape index (κ3) is 15.2. The first kappa shape index (κ1) is 33.1. The molecule has 0 aromatic carbocycles. The van der Waals surface area contributed by atoms with Crippen LogP contribution < -0.4 is 0 Å². The van der Waals surface area contributed by atoms with Gasteiger partial charge in [0.15, 0.2) is 11.8 Å². The number of unbranched alkanes of at least 4 members (excludes halogenated alkanes) is 4. The number of hydrogen-bond acceptors (Lipinski definition) is 11. The molecule has 0 saturated carbocycles. The maximum Gasteiger partial charge on any atom is 0.508 e. The molecule has 0 N–H and O–H groups in total. The van der Waals surface area contributed by atoms with Crippen molar-refractivity contribution in [1.29, 1.82) is 0 Å². The summed E-state index contributed by atoms with van der Waals surface area (Å²) in [5.41, 5.74) is 0. The van der Waals surface area contributed by atoms with Gasteiger partial charge in [-0.1, -0.05) is 53.4 Å². The molecule has 0 saturated heterocycles. The first-order valence-corrected chi connectivity index (χ1v) is 12.8. The van der Waals surface area contributed by atoms with Gasteiger partial charge in [0.25, 0.3) is 0 Å². The predicted octanol–water partition coefficient (Wildman–Crippen LogP) is 3.75. The summed E-state index contributed by atoms with van der Waals surface area (Å²) >= 11 is 0. The molecule has 36 heavy (non-hydrogen) atoms. The standard InChI is InChI=1S/C25H42O11/c1-5-9-13-31-21(26)19(22(27)32-14-10-6-2)17-35-25(30)36-18-20(23(28)33-15-11-7-3)24(29)34-16-12-8-4/h19-20H,5-18H2,1-4H3. The van der Waals surface area contributed by atoms with E-state index in [4.69, 9.17) is 28.4 Å². The van der Waals surface area contributed by atoms with Crippen LogP contribution in [0, 0.1) is 11.8 Å². The number of carbonyl (C=O) groups is 5. The molecule has 0 aliphatic rings. The summed E-state index contributed by atoms with van der Waals surface area (Å²) in [6, 6.07) is 0. The van der Waals surface area contributed by atoms with E-state index in [1.165, 1.54) is 0 Å². The van der Waals surface area contributed by atoms with Crippen molar-refractivity contribution in [3.63, 3.8) is 0 Å². The van der Waals surface area contributed by atoms with Gasteiger partial charge in [-0.05, 0) is 25.7 Å². The maximum absolute atomic E-state index is 12.3.